The topological polar surface area (TPSA) is 43.4 Å². The van der Waals surface area contributed by atoms with Crippen molar-refractivity contribution in [1.82, 2.24) is 0 Å². The Bertz CT molecular complexity index is 294. The van der Waals surface area contributed by atoms with Gasteiger partial charge in [-0.15, -0.1) is 0 Å². The van der Waals surface area contributed by atoms with Crippen molar-refractivity contribution >= 4 is 25.8 Å². The average molecular weight is 313 g/mol. The van der Waals surface area contributed by atoms with E-state index in [1.165, 1.54) is 0 Å². The highest BCUT2D eigenvalue weighted by atomic mass is 79.9. The van der Waals surface area contributed by atoms with E-state index in [0.717, 1.165) is 44.2 Å². The fourth-order valence-corrected chi connectivity index (χ4v) is 3.69. The molecular formula is C11H21BrO3S. The van der Waals surface area contributed by atoms with Gasteiger partial charge in [-0.25, -0.2) is 8.42 Å². The summed E-state index contributed by atoms with van der Waals surface area (Å²) in [5.41, 5.74) is 0.168. The minimum atomic E-state index is -2.81. The van der Waals surface area contributed by atoms with Crippen LogP contribution in [0.2, 0.25) is 0 Å². The SMILES string of the molecule is CCS(=O)(=O)CCCC1(CBr)CCCOC1. The fourth-order valence-electron chi connectivity index (χ4n) is 2.09. The van der Waals surface area contributed by atoms with E-state index in [1.54, 1.807) is 6.92 Å². The highest BCUT2D eigenvalue weighted by molar-refractivity contribution is 9.09. The van der Waals surface area contributed by atoms with Crippen molar-refractivity contribution in [3.05, 3.63) is 0 Å². The molecule has 0 N–H and O–H groups in total. The number of halogens is 1. The monoisotopic (exact) mass is 312 g/mol. The Labute approximate surface area is 107 Å². The molecule has 0 bridgehead atoms. The van der Waals surface area contributed by atoms with Gasteiger partial charge < -0.3 is 4.74 Å². The fraction of sp³-hybridized carbons (Fsp3) is 1.00. The molecule has 0 saturated carbocycles. The Morgan fingerprint density at radius 3 is 2.69 bits per heavy atom. The molecular weight excluding hydrogens is 292 g/mol. The van der Waals surface area contributed by atoms with Crippen LogP contribution < -0.4 is 0 Å². The molecule has 0 aliphatic carbocycles. The summed E-state index contributed by atoms with van der Waals surface area (Å²) < 4.78 is 28.3. The number of alkyl halides is 1. The molecule has 0 amide bonds. The maximum absolute atomic E-state index is 11.4. The van der Waals surface area contributed by atoms with Crippen molar-refractivity contribution in [2.24, 2.45) is 5.41 Å². The normalized spacial score (nSPS) is 26.9. The van der Waals surface area contributed by atoms with Crippen LogP contribution in [-0.4, -0.2) is 38.5 Å². The third-order valence-electron chi connectivity index (χ3n) is 3.29. The molecule has 0 aromatic heterocycles. The van der Waals surface area contributed by atoms with Crippen molar-refractivity contribution < 1.29 is 13.2 Å². The van der Waals surface area contributed by atoms with Gasteiger partial charge in [-0.1, -0.05) is 22.9 Å². The number of rotatable bonds is 6. The van der Waals surface area contributed by atoms with E-state index < -0.39 is 9.84 Å². The molecule has 96 valence electrons. The van der Waals surface area contributed by atoms with E-state index in [2.05, 4.69) is 15.9 Å². The van der Waals surface area contributed by atoms with Crippen LogP contribution in [0, 0.1) is 5.41 Å². The molecule has 1 aliphatic rings. The Morgan fingerprint density at radius 1 is 1.44 bits per heavy atom. The van der Waals surface area contributed by atoms with Crippen LogP contribution in [0.15, 0.2) is 0 Å². The van der Waals surface area contributed by atoms with Crippen molar-refractivity contribution in [3.8, 4) is 0 Å². The zero-order chi connectivity index (χ0) is 12.1. The Hall–Kier alpha value is 0.390. The van der Waals surface area contributed by atoms with Crippen molar-refractivity contribution in [2.75, 3.05) is 30.0 Å². The third-order valence-corrected chi connectivity index (χ3v) is 6.27. The van der Waals surface area contributed by atoms with Gasteiger partial charge >= 0.3 is 0 Å². The number of hydrogen-bond acceptors (Lipinski definition) is 3. The van der Waals surface area contributed by atoms with E-state index >= 15 is 0 Å². The molecule has 0 spiro atoms. The van der Waals surface area contributed by atoms with Gasteiger partial charge in [-0.3, -0.25) is 0 Å². The highest BCUT2D eigenvalue weighted by Gasteiger charge is 2.31. The summed E-state index contributed by atoms with van der Waals surface area (Å²) in [6.07, 6.45) is 3.93. The molecule has 5 heteroatoms. The lowest BCUT2D eigenvalue weighted by molar-refractivity contribution is 0.00126. The zero-order valence-electron chi connectivity index (χ0n) is 9.87. The van der Waals surface area contributed by atoms with Gasteiger partial charge in [0.15, 0.2) is 0 Å². The lowest BCUT2D eigenvalue weighted by Crippen LogP contribution is -2.33. The smallest absolute Gasteiger partial charge is 0.150 e. The van der Waals surface area contributed by atoms with Crippen LogP contribution in [0.4, 0.5) is 0 Å². The summed E-state index contributed by atoms with van der Waals surface area (Å²) in [4.78, 5) is 0. The van der Waals surface area contributed by atoms with Gasteiger partial charge in [-0.05, 0) is 25.7 Å². The first-order valence-corrected chi connectivity index (χ1v) is 8.82. The summed E-state index contributed by atoms with van der Waals surface area (Å²) in [5.74, 6) is 0.572. The lowest BCUT2D eigenvalue weighted by Gasteiger charge is -2.35. The molecule has 1 atom stereocenters. The van der Waals surface area contributed by atoms with Crippen molar-refractivity contribution in [1.29, 1.82) is 0 Å². The summed E-state index contributed by atoms with van der Waals surface area (Å²) in [6, 6.07) is 0. The second-order valence-electron chi connectivity index (χ2n) is 4.63. The maximum Gasteiger partial charge on any atom is 0.150 e. The number of hydrogen-bond donors (Lipinski definition) is 0. The number of ether oxygens (including phenoxy) is 1. The summed E-state index contributed by atoms with van der Waals surface area (Å²) in [6.45, 7) is 3.33. The molecule has 1 rings (SSSR count). The average Bonchev–Trinajstić information content (AvgIpc) is 2.30. The molecule has 0 aromatic carbocycles. The summed E-state index contributed by atoms with van der Waals surface area (Å²) in [7, 11) is -2.81. The van der Waals surface area contributed by atoms with Gasteiger partial charge in [0.05, 0.1) is 12.4 Å². The van der Waals surface area contributed by atoms with Gasteiger partial charge in [0.2, 0.25) is 0 Å². The highest BCUT2D eigenvalue weighted by Crippen LogP contribution is 2.35. The van der Waals surface area contributed by atoms with E-state index in [1.807, 2.05) is 0 Å². The quantitative estimate of drug-likeness (QED) is 0.707. The zero-order valence-corrected chi connectivity index (χ0v) is 12.3. The van der Waals surface area contributed by atoms with Gasteiger partial charge in [0, 0.05) is 23.1 Å². The molecule has 0 radical (unpaired) electrons. The van der Waals surface area contributed by atoms with Gasteiger partial charge in [-0.2, -0.15) is 0 Å². The van der Waals surface area contributed by atoms with E-state index in [-0.39, 0.29) is 11.2 Å². The second kappa shape index (κ2) is 6.36. The van der Waals surface area contributed by atoms with E-state index in [0.29, 0.717) is 5.75 Å². The minimum absolute atomic E-state index is 0.168. The van der Waals surface area contributed by atoms with Crippen LogP contribution in [0.3, 0.4) is 0 Å². The number of sulfone groups is 1. The second-order valence-corrected chi connectivity index (χ2v) is 7.66. The molecule has 3 nitrogen and oxygen atoms in total. The largest absolute Gasteiger partial charge is 0.381 e. The predicted molar refractivity (Wildman–Crippen MR) is 69.8 cm³/mol. The van der Waals surface area contributed by atoms with Crippen LogP contribution in [0.5, 0.6) is 0 Å². The minimum Gasteiger partial charge on any atom is -0.381 e. The predicted octanol–water partition coefficient (Wildman–Crippen LogP) is 2.39. The van der Waals surface area contributed by atoms with Gasteiger partial charge in [0.1, 0.15) is 9.84 Å². The first kappa shape index (κ1) is 14.5. The molecule has 1 unspecified atom stereocenters. The molecule has 0 aromatic rings. The summed E-state index contributed by atoms with van der Waals surface area (Å²) >= 11 is 3.54. The maximum atomic E-state index is 11.4. The first-order chi connectivity index (χ1) is 7.54. The Kier molecular flexibility index (Phi) is 5.74. The summed E-state index contributed by atoms with van der Waals surface area (Å²) in [5, 5.41) is 0.909. The lowest BCUT2D eigenvalue weighted by atomic mass is 9.81. The Balaban J connectivity index is 2.39. The molecule has 1 heterocycles. The van der Waals surface area contributed by atoms with Crippen LogP contribution in [0.1, 0.15) is 32.6 Å². The van der Waals surface area contributed by atoms with E-state index in [4.69, 9.17) is 4.74 Å². The standard InChI is InChI=1S/C11H21BrO3S/c1-2-16(13,14)8-4-6-11(9-12)5-3-7-15-10-11/h2-10H2,1H3. The van der Waals surface area contributed by atoms with Gasteiger partial charge in [0.25, 0.3) is 0 Å². The molecule has 1 fully saturated rings. The van der Waals surface area contributed by atoms with Crippen LogP contribution in [-0.2, 0) is 14.6 Å². The van der Waals surface area contributed by atoms with Crippen molar-refractivity contribution in [3.63, 3.8) is 0 Å². The Morgan fingerprint density at radius 2 is 2.19 bits per heavy atom. The molecule has 1 saturated heterocycles. The third kappa shape index (κ3) is 4.34. The van der Waals surface area contributed by atoms with Crippen LogP contribution >= 0.6 is 15.9 Å². The first-order valence-electron chi connectivity index (χ1n) is 5.88. The van der Waals surface area contributed by atoms with Crippen LogP contribution in [0.25, 0.3) is 0 Å². The van der Waals surface area contributed by atoms with Crippen molar-refractivity contribution in [2.45, 2.75) is 32.6 Å². The van der Waals surface area contributed by atoms with E-state index in [9.17, 15) is 8.42 Å². The molecule has 1 aliphatic heterocycles. The molecule has 16 heavy (non-hydrogen) atoms.